The van der Waals surface area contributed by atoms with Gasteiger partial charge in [-0.25, -0.2) is 14.5 Å². The van der Waals surface area contributed by atoms with Crippen LogP contribution in [0, 0.1) is 18.8 Å². The predicted molar refractivity (Wildman–Crippen MR) is 164 cm³/mol. The van der Waals surface area contributed by atoms with Crippen molar-refractivity contribution >= 4 is 28.1 Å². The summed E-state index contributed by atoms with van der Waals surface area (Å²) in [6.07, 6.45) is 8.82. The summed E-state index contributed by atoms with van der Waals surface area (Å²) in [7, 11) is 1.86. The van der Waals surface area contributed by atoms with Crippen LogP contribution in [-0.2, 0) is 20.0 Å². The van der Waals surface area contributed by atoms with E-state index in [4.69, 9.17) is 5.73 Å². The number of nitrogen functional groups attached to an aromatic ring is 1. The molecular weight excluding hydrogens is 544 g/mol. The van der Waals surface area contributed by atoms with Crippen LogP contribution in [0.15, 0.2) is 66.2 Å². The van der Waals surface area contributed by atoms with Crippen molar-refractivity contribution in [2.45, 2.75) is 40.3 Å². The number of aromatic amines is 1. The Labute approximate surface area is 247 Å². The molecule has 0 fully saturated rings. The van der Waals surface area contributed by atoms with Crippen LogP contribution in [0.5, 0.6) is 0 Å². The second kappa shape index (κ2) is 11.7. The van der Waals surface area contributed by atoms with E-state index in [0.29, 0.717) is 35.3 Å². The fraction of sp³-hybridized carbons (Fsp3) is 0.226. The number of hydrogen-bond donors (Lipinski definition) is 3. The number of amides is 1. The number of fused-ring (bicyclic) bond motifs is 2. The Kier molecular flexibility index (Phi) is 7.81. The first-order valence-electron chi connectivity index (χ1n) is 13.4. The number of H-pyrrole nitrogens is 1. The van der Waals surface area contributed by atoms with Crippen molar-refractivity contribution in [1.82, 2.24) is 44.2 Å². The molecule has 1 aromatic carbocycles. The van der Waals surface area contributed by atoms with E-state index in [2.05, 4.69) is 42.3 Å². The van der Waals surface area contributed by atoms with Crippen LogP contribution in [0.3, 0.4) is 0 Å². The lowest BCUT2D eigenvalue weighted by Gasteiger charge is -2.21. The molecule has 43 heavy (non-hydrogen) atoms. The number of carbonyl (C=O) groups is 1. The van der Waals surface area contributed by atoms with Gasteiger partial charge >= 0.3 is 0 Å². The summed E-state index contributed by atoms with van der Waals surface area (Å²) in [6.45, 7) is 4.13. The van der Waals surface area contributed by atoms with Crippen molar-refractivity contribution in [3.63, 3.8) is 0 Å². The van der Waals surface area contributed by atoms with Gasteiger partial charge in [0.05, 0.1) is 35.2 Å². The van der Waals surface area contributed by atoms with Crippen molar-refractivity contribution in [2.24, 2.45) is 7.05 Å². The normalized spacial score (nSPS) is 11.6. The number of aromatic nitrogens is 8. The Morgan fingerprint density at radius 2 is 2.00 bits per heavy atom. The van der Waals surface area contributed by atoms with Crippen molar-refractivity contribution in [2.75, 3.05) is 5.73 Å². The number of nitrogens with zero attached hydrogens (tertiary/aromatic N) is 7. The Hall–Kier alpha value is -5.70. The highest BCUT2D eigenvalue weighted by Gasteiger charge is 2.23. The standard InChI is InChI=1S/C30H28N10O2.CH4/c1-18(36-29(41)26-27(31)37-40-12-5-11-33-28(26)40)24-14-21-7-4-6-20(8-9-22-15-35-38(3)19(22)2)25(21)30(42)39(24)13-10-23-16-32-17-34-23;/h4-7,11-12,14-18H,10,13H2,1-3H3,(H2,31,37)(H,32,34)(H,36,41);1H4/t18-;/m0./s1. The monoisotopic (exact) mass is 576 g/mol. The summed E-state index contributed by atoms with van der Waals surface area (Å²) in [5.41, 5.74) is 10.3. The number of benzene rings is 1. The summed E-state index contributed by atoms with van der Waals surface area (Å²) in [6, 6.07) is 8.66. The fourth-order valence-corrected chi connectivity index (χ4v) is 4.99. The highest BCUT2D eigenvalue weighted by molar-refractivity contribution is 6.04. The molecule has 0 bridgehead atoms. The molecule has 5 heterocycles. The lowest BCUT2D eigenvalue weighted by atomic mass is 10.0. The molecule has 1 atom stereocenters. The van der Waals surface area contributed by atoms with E-state index in [9.17, 15) is 9.59 Å². The molecule has 0 aliphatic carbocycles. The quantitative estimate of drug-likeness (QED) is 0.257. The summed E-state index contributed by atoms with van der Waals surface area (Å²) in [4.78, 5) is 39.0. The lowest BCUT2D eigenvalue weighted by Crippen LogP contribution is -2.33. The number of aryl methyl sites for hydroxylation is 2. The average Bonchev–Trinajstić information content (AvgIpc) is 3.70. The first kappa shape index (κ1) is 28.8. The second-order valence-electron chi connectivity index (χ2n) is 9.98. The van der Waals surface area contributed by atoms with E-state index in [1.807, 2.05) is 45.2 Å². The minimum Gasteiger partial charge on any atom is -0.381 e. The minimum absolute atomic E-state index is 0. The summed E-state index contributed by atoms with van der Waals surface area (Å²) >= 11 is 0. The molecular formula is C31H32N10O2. The van der Waals surface area contributed by atoms with Crippen molar-refractivity contribution in [3.8, 4) is 11.8 Å². The van der Waals surface area contributed by atoms with Crippen molar-refractivity contribution in [1.29, 1.82) is 0 Å². The third-order valence-corrected chi connectivity index (χ3v) is 7.34. The summed E-state index contributed by atoms with van der Waals surface area (Å²) < 4.78 is 4.90. The van der Waals surface area contributed by atoms with E-state index in [1.165, 1.54) is 4.52 Å². The molecule has 0 radical (unpaired) electrons. The smallest absolute Gasteiger partial charge is 0.259 e. The first-order chi connectivity index (χ1) is 20.3. The molecule has 0 saturated carbocycles. The molecule has 0 saturated heterocycles. The molecule has 0 aliphatic heterocycles. The maximum absolute atomic E-state index is 14.2. The average molecular weight is 577 g/mol. The van der Waals surface area contributed by atoms with Crippen LogP contribution in [0.1, 0.15) is 59.0 Å². The van der Waals surface area contributed by atoms with Crippen LogP contribution < -0.4 is 16.6 Å². The van der Waals surface area contributed by atoms with Crippen LogP contribution in [0.2, 0.25) is 0 Å². The van der Waals surface area contributed by atoms with Crippen LogP contribution in [0.4, 0.5) is 5.82 Å². The van der Waals surface area contributed by atoms with Crippen molar-refractivity contribution < 1.29 is 4.79 Å². The van der Waals surface area contributed by atoms with Gasteiger partial charge in [0.2, 0.25) is 0 Å². The van der Waals surface area contributed by atoms with Crippen LogP contribution in [-0.4, -0.2) is 44.8 Å². The number of rotatable bonds is 6. The second-order valence-corrected chi connectivity index (χ2v) is 9.98. The SMILES string of the molecule is C.Cc1c(C#Cc2cccc3cc([C@H](C)NC(=O)c4c(N)nn5cccnc45)n(CCc4cnc[nH]4)c(=O)c23)cnn1C. The maximum atomic E-state index is 14.2. The van der Waals surface area contributed by atoms with E-state index in [0.717, 1.165) is 22.3 Å². The van der Waals surface area contributed by atoms with Gasteiger partial charge in [-0.05, 0) is 37.4 Å². The zero-order chi connectivity index (χ0) is 29.4. The van der Waals surface area contributed by atoms with E-state index in [-0.39, 0.29) is 24.4 Å². The summed E-state index contributed by atoms with van der Waals surface area (Å²) in [5, 5.41) is 12.7. The van der Waals surface area contributed by atoms with Crippen LogP contribution in [0.25, 0.3) is 16.4 Å². The fourth-order valence-electron chi connectivity index (χ4n) is 4.99. The zero-order valence-corrected chi connectivity index (χ0v) is 23.3. The molecule has 6 rings (SSSR count). The van der Waals surface area contributed by atoms with E-state index < -0.39 is 11.9 Å². The Morgan fingerprint density at radius 1 is 1.19 bits per heavy atom. The number of imidazole rings is 1. The van der Waals surface area contributed by atoms with Gasteiger partial charge in [-0.3, -0.25) is 14.3 Å². The molecule has 0 unspecified atom stereocenters. The summed E-state index contributed by atoms with van der Waals surface area (Å²) in [5.74, 6) is 5.98. The Morgan fingerprint density at radius 3 is 2.74 bits per heavy atom. The molecule has 12 nitrogen and oxygen atoms in total. The largest absolute Gasteiger partial charge is 0.381 e. The lowest BCUT2D eigenvalue weighted by molar-refractivity contribution is 0.0940. The number of hydrogen-bond acceptors (Lipinski definition) is 7. The Bertz CT molecular complexity index is 2070. The predicted octanol–water partition coefficient (Wildman–Crippen LogP) is 3.16. The molecule has 12 heteroatoms. The van der Waals surface area contributed by atoms with Gasteiger partial charge in [0.1, 0.15) is 5.56 Å². The molecule has 6 aromatic rings. The topological polar surface area (TPSA) is 154 Å². The number of nitrogens with one attached hydrogen (secondary N) is 2. The van der Waals surface area contributed by atoms with Crippen LogP contribution >= 0.6 is 0 Å². The molecule has 5 aromatic heterocycles. The third-order valence-electron chi connectivity index (χ3n) is 7.34. The molecule has 218 valence electrons. The minimum atomic E-state index is -0.554. The number of carbonyl (C=O) groups excluding carboxylic acids is 1. The molecule has 4 N–H and O–H groups in total. The maximum Gasteiger partial charge on any atom is 0.259 e. The number of nitrogens with two attached hydrogens (primary N) is 1. The van der Waals surface area contributed by atoms with Crippen molar-refractivity contribution in [3.05, 3.63) is 106 Å². The van der Waals surface area contributed by atoms with E-state index in [1.54, 1.807) is 46.4 Å². The van der Waals surface area contributed by atoms with Gasteiger partial charge < -0.3 is 20.6 Å². The number of pyridine rings is 1. The van der Waals surface area contributed by atoms with E-state index >= 15 is 0 Å². The van der Waals surface area contributed by atoms with Gasteiger partial charge in [-0.2, -0.15) is 5.10 Å². The molecule has 0 spiro atoms. The Balaban J connectivity index is 0.00000368. The van der Waals surface area contributed by atoms with Gasteiger partial charge in [0.15, 0.2) is 11.5 Å². The highest BCUT2D eigenvalue weighted by atomic mass is 16.2. The number of anilines is 1. The first-order valence-corrected chi connectivity index (χ1v) is 13.4. The van der Waals surface area contributed by atoms with Gasteiger partial charge in [0, 0.05) is 55.6 Å². The third kappa shape index (κ3) is 5.36. The van der Waals surface area contributed by atoms with Gasteiger partial charge in [0.25, 0.3) is 11.5 Å². The van der Waals surface area contributed by atoms with Gasteiger partial charge in [-0.15, -0.1) is 5.10 Å². The molecule has 0 aliphatic rings. The van der Waals surface area contributed by atoms with Gasteiger partial charge in [-0.1, -0.05) is 31.4 Å². The highest BCUT2D eigenvalue weighted by Crippen LogP contribution is 2.23. The zero-order valence-electron chi connectivity index (χ0n) is 23.3. The molecule has 1 amide bonds.